The summed E-state index contributed by atoms with van der Waals surface area (Å²) in [6, 6.07) is 14.0. The Hall–Kier alpha value is -2.24. The van der Waals surface area contributed by atoms with Crippen LogP contribution in [-0.4, -0.2) is 32.9 Å². The maximum absolute atomic E-state index is 8.87. The summed E-state index contributed by atoms with van der Waals surface area (Å²) in [4.78, 5) is 9.05. The van der Waals surface area contributed by atoms with Crippen molar-refractivity contribution in [3.63, 3.8) is 0 Å². The van der Waals surface area contributed by atoms with Crippen LogP contribution in [-0.2, 0) is 24.3 Å². The van der Waals surface area contributed by atoms with Crippen molar-refractivity contribution in [1.82, 2.24) is 14.5 Å². The highest BCUT2D eigenvalue weighted by atomic mass is 16.5. The second-order valence-electron chi connectivity index (χ2n) is 5.03. The van der Waals surface area contributed by atoms with Crippen LogP contribution in [0.3, 0.4) is 0 Å². The number of hydrogen-bond donors (Lipinski definition) is 1. The Kier molecular flexibility index (Phi) is 4.78. The molecule has 0 aliphatic rings. The zero-order chi connectivity index (χ0) is 15.2. The number of aliphatic hydroxyl groups is 1. The Morgan fingerprint density at radius 3 is 2.73 bits per heavy atom. The topological polar surface area (TPSA) is 60.2 Å². The van der Waals surface area contributed by atoms with Crippen molar-refractivity contribution < 1.29 is 9.84 Å². The van der Waals surface area contributed by atoms with Crippen LogP contribution in [0.5, 0.6) is 0 Å². The summed E-state index contributed by atoms with van der Waals surface area (Å²) in [6.45, 7) is 0.751. The van der Waals surface area contributed by atoms with Gasteiger partial charge < -0.3 is 14.4 Å². The third kappa shape index (κ3) is 3.32. The number of fused-ring (bicyclic) bond motifs is 1. The van der Waals surface area contributed by atoms with Crippen LogP contribution in [0.2, 0.25) is 0 Å². The van der Waals surface area contributed by atoms with Crippen LogP contribution in [0.25, 0.3) is 11.0 Å². The molecule has 0 bridgehead atoms. The van der Waals surface area contributed by atoms with Crippen LogP contribution in [0.4, 0.5) is 0 Å². The van der Waals surface area contributed by atoms with Gasteiger partial charge in [0.05, 0.1) is 24.2 Å². The van der Waals surface area contributed by atoms with E-state index in [2.05, 4.69) is 9.55 Å². The van der Waals surface area contributed by atoms with Gasteiger partial charge in [0.15, 0.2) is 0 Å². The van der Waals surface area contributed by atoms with E-state index in [0.29, 0.717) is 13.3 Å². The van der Waals surface area contributed by atoms with E-state index in [9.17, 15) is 0 Å². The lowest BCUT2D eigenvalue weighted by Gasteiger charge is -2.09. The minimum Gasteiger partial charge on any atom is -0.394 e. The summed E-state index contributed by atoms with van der Waals surface area (Å²) < 4.78 is 7.55. The van der Waals surface area contributed by atoms with Crippen LogP contribution in [0, 0.1) is 0 Å². The molecule has 2 heterocycles. The van der Waals surface area contributed by atoms with Gasteiger partial charge in [-0.15, -0.1) is 0 Å². The minimum absolute atomic E-state index is 0.0237. The van der Waals surface area contributed by atoms with E-state index in [1.54, 1.807) is 0 Å². The average molecular weight is 297 g/mol. The number of hydrogen-bond acceptors (Lipinski definition) is 4. The van der Waals surface area contributed by atoms with Crippen LogP contribution in [0.15, 0.2) is 48.7 Å². The predicted molar refractivity (Wildman–Crippen MR) is 84.4 cm³/mol. The number of para-hydroxylation sites is 2. The number of aryl methyl sites for hydroxylation is 2. The molecule has 0 saturated carbocycles. The van der Waals surface area contributed by atoms with E-state index in [1.807, 2.05) is 48.7 Å². The molecule has 114 valence electrons. The molecule has 22 heavy (non-hydrogen) atoms. The van der Waals surface area contributed by atoms with Gasteiger partial charge >= 0.3 is 0 Å². The van der Waals surface area contributed by atoms with E-state index >= 15 is 0 Å². The molecular weight excluding hydrogens is 278 g/mol. The number of aromatic nitrogens is 3. The lowest BCUT2D eigenvalue weighted by Crippen LogP contribution is -2.10. The highest BCUT2D eigenvalue weighted by molar-refractivity contribution is 5.75. The Morgan fingerprint density at radius 1 is 1.05 bits per heavy atom. The number of aliphatic hydroxyl groups excluding tert-OH is 1. The summed E-state index contributed by atoms with van der Waals surface area (Å²) >= 11 is 0. The lowest BCUT2D eigenvalue weighted by molar-refractivity contribution is 0.0488. The second-order valence-corrected chi connectivity index (χ2v) is 5.03. The molecule has 3 aromatic rings. The van der Waals surface area contributed by atoms with E-state index in [1.165, 1.54) is 0 Å². The summed E-state index contributed by atoms with van der Waals surface area (Å²) in [5.41, 5.74) is 3.07. The zero-order valence-corrected chi connectivity index (χ0v) is 12.4. The quantitative estimate of drug-likeness (QED) is 0.679. The van der Waals surface area contributed by atoms with Crippen LogP contribution >= 0.6 is 0 Å². The Bertz CT molecular complexity index is 725. The highest BCUT2D eigenvalue weighted by Gasteiger charge is 2.10. The molecule has 0 aliphatic carbocycles. The Balaban J connectivity index is 1.82. The summed E-state index contributed by atoms with van der Waals surface area (Å²) in [7, 11) is 0. The zero-order valence-electron chi connectivity index (χ0n) is 12.4. The van der Waals surface area contributed by atoms with Crippen molar-refractivity contribution in [1.29, 1.82) is 0 Å². The van der Waals surface area contributed by atoms with Crippen molar-refractivity contribution in [2.75, 3.05) is 13.2 Å². The third-order valence-corrected chi connectivity index (χ3v) is 3.52. The number of benzene rings is 1. The van der Waals surface area contributed by atoms with Gasteiger partial charge in [-0.3, -0.25) is 4.98 Å². The predicted octanol–water partition coefficient (Wildman–Crippen LogP) is 2.18. The molecule has 0 atom stereocenters. The second kappa shape index (κ2) is 7.15. The van der Waals surface area contributed by atoms with E-state index in [-0.39, 0.29) is 6.61 Å². The standard InChI is InChI=1S/C17H19N3O2/c21-11-12-22-13-20-16-7-2-1-6-15(16)19-17(20)9-8-14-5-3-4-10-18-14/h1-7,10,21H,8-9,11-13H2. The number of rotatable bonds is 7. The molecule has 0 spiro atoms. The normalized spacial score (nSPS) is 11.1. The van der Waals surface area contributed by atoms with Crippen molar-refractivity contribution in [3.8, 4) is 0 Å². The molecule has 5 nitrogen and oxygen atoms in total. The van der Waals surface area contributed by atoms with Crippen molar-refractivity contribution in [2.45, 2.75) is 19.6 Å². The summed E-state index contributed by atoms with van der Waals surface area (Å²) in [6.07, 6.45) is 3.45. The molecule has 1 N–H and O–H groups in total. The molecule has 0 fully saturated rings. The monoisotopic (exact) mass is 297 g/mol. The molecule has 1 aromatic carbocycles. The Labute approximate surface area is 129 Å². The number of pyridine rings is 1. The van der Waals surface area contributed by atoms with Crippen LogP contribution in [0.1, 0.15) is 11.5 Å². The van der Waals surface area contributed by atoms with Crippen molar-refractivity contribution >= 4 is 11.0 Å². The van der Waals surface area contributed by atoms with Gasteiger partial charge in [0.1, 0.15) is 12.6 Å². The van der Waals surface area contributed by atoms with Gasteiger partial charge in [-0.1, -0.05) is 18.2 Å². The summed E-state index contributed by atoms with van der Waals surface area (Å²) in [5, 5.41) is 8.87. The fourth-order valence-corrected chi connectivity index (χ4v) is 2.47. The summed E-state index contributed by atoms with van der Waals surface area (Å²) in [5.74, 6) is 0.977. The van der Waals surface area contributed by atoms with Gasteiger partial charge in [0.25, 0.3) is 0 Å². The number of imidazole rings is 1. The highest BCUT2D eigenvalue weighted by Crippen LogP contribution is 2.17. The molecule has 2 aromatic heterocycles. The minimum atomic E-state index is 0.0237. The molecule has 3 rings (SSSR count). The first-order valence-corrected chi connectivity index (χ1v) is 7.41. The van der Waals surface area contributed by atoms with Gasteiger partial charge in [0.2, 0.25) is 0 Å². The Morgan fingerprint density at radius 2 is 1.91 bits per heavy atom. The average Bonchev–Trinajstić information content (AvgIpc) is 2.92. The molecule has 0 saturated heterocycles. The number of ether oxygens (including phenoxy) is 1. The largest absolute Gasteiger partial charge is 0.394 e. The van der Waals surface area contributed by atoms with Gasteiger partial charge in [-0.2, -0.15) is 0 Å². The molecule has 0 aliphatic heterocycles. The fraction of sp³-hybridized carbons (Fsp3) is 0.294. The maximum atomic E-state index is 8.87. The molecule has 0 radical (unpaired) electrons. The van der Waals surface area contributed by atoms with E-state index in [0.717, 1.165) is 35.4 Å². The first-order valence-electron chi connectivity index (χ1n) is 7.41. The molecule has 0 amide bonds. The number of nitrogens with zero attached hydrogens (tertiary/aromatic N) is 3. The fourth-order valence-electron chi connectivity index (χ4n) is 2.47. The van der Waals surface area contributed by atoms with Crippen molar-refractivity contribution in [3.05, 3.63) is 60.2 Å². The first-order chi connectivity index (χ1) is 10.9. The van der Waals surface area contributed by atoms with Gasteiger partial charge in [0, 0.05) is 18.3 Å². The van der Waals surface area contributed by atoms with Crippen molar-refractivity contribution in [2.24, 2.45) is 0 Å². The maximum Gasteiger partial charge on any atom is 0.124 e. The SMILES string of the molecule is OCCOCn1c(CCc2ccccn2)nc2ccccc21. The van der Waals surface area contributed by atoms with Crippen LogP contribution < -0.4 is 0 Å². The lowest BCUT2D eigenvalue weighted by atomic mass is 10.2. The van der Waals surface area contributed by atoms with Gasteiger partial charge in [-0.05, 0) is 30.7 Å². The molecule has 0 unspecified atom stereocenters. The molecular formula is C17H19N3O2. The third-order valence-electron chi connectivity index (χ3n) is 3.52. The smallest absolute Gasteiger partial charge is 0.124 e. The van der Waals surface area contributed by atoms with E-state index in [4.69, 9.17) is 14.8 Å². The first kappa shape index (κ1) is 14.7. The molecule has 5 heteroatoms. The van der Waals surface area contributed by atoms with E-state index < -0.39 is 0 Å². The van der Waals surface area contributed by atoms with Gasteiger partial charge in [-0.25, -0.2) is 4.98 Å².